The number of methoxy groups -OCH3 is 2. The van der Waals surface area contributed by atoms with E-state index in [-0.39, 0.29) is 5.71 Å². The second kappa shape index (κ2) is 7.49. The molecule has 0 unspecified atom stereocenters. The number of rotatable bonds is 4. The third-order valence-corrected chi connectivity index (χ3v) is 5.78. The predicted molar refractivity (Wildman–Crippen MR) is 119 cm³/mol. The Morgan fingerprint density at radius 3 is 2.34 bits per heavy atom. The van der Waals surface area contributed by atoms with Crippen molar-refractivity contribution in [1.82, 2.24) is 0 Å². The number of hydrazone groups is 1. The maximum absolute atomic E-state index is 13.6. The van der Waals surface area contributed by atoms with E-state index in [0.29, 0.717) is 17.1 Å². The fourth-order valence-corrected chi connectivity index (χ4v) is 4.35. The molecule has 160 valence electrons. The number of esters is 1. The Morgan fingerprint density at radius 2 is 1.56 bits per heavy atom. The molecule has 1 fully saturated rings. The average Bonchev–Trinajstić information content (AvgIpc) is 3.34. The molecule has 0 radical (unpaired) electrons. The number of fused-ring (bicyclic) bond motifs is 2. The lowest BCUT2D eigenvalue weighted by atomic mass is 9.97. The summed E-state index contributed by atoms with van der Waals surface area (Å²) in [7, 11) is 2.69. The minimum absolute atomic E-state index is 0.0961. The number of carbonyl (C=O) groups excluding carboxylic acids is 3. The highest BCUT2D eigenvalue weighted by molar-refractivity contribution is 6.47. The SMILES string of the molecule is COC(=O)C1=NN(c2cccc3ccccc23)[C@H]2C(=O)N(c3ccccc3OC)C(=O)[C@H]12. The molecule has 2 atom stereocenters. The third-order valence-electron chi connectivity index (χ3n) is 5.78. The summed E-state index contributed by atoms with van der Waals surface area (Å²) in [5, 5.41) is 7.67. The normalized spacial score (nSPS) is 19.9. The van der Waals surface area contributed by atoms with E-state index >= 15 is 0 Å². The summed E-state index contributed by atoms with van der Waals surface area (Å²) >= 11 is 0. The highest BCUT2D eigenvalue weighted by Crippen LogP contribution is 2.42. The molecule has 2 amide bonds. The fourth-order valence-electron chi connectivity index (χ4n) is 4.35. The van der Waals surface area contributed by atoms with Gasteiger partial charge in [-0.15, -0.1) is 0 Å². The zero-order valence-corrected chi connectivity index (χ0v) is 17.4. The molecule has 0 spiro atoms. The van der Waals surface area contributed by atoms with Crippen LogP contribution in [0, 0.1) is 5.92 Å². The summed E-state index contributed by atoms with van der Waals surface area (Å²) in [6, 6.07) is 19.0. The van der Waals surface area contributed by atoms with Crippen molar-refractivity contribution in [1.29, 1.82) is 0 Å². The minimum Gasteiger partial charge on any atom is -0.495 e. The van der Waals surface area contributed by atoms with Gasteiger partial charge in [0.25, 0.3) is 5.91 Å². The quantitative estimate of drug-likeness (QED) is 0.468. The second-order valence-electron chi connectivity index (χ2n) is 7.43. The second-order valence-corrected chi connectivity index (χ2v) is 7.43. The molecule has 3 aromatic rings. The van der Waals surface area contributed by atoms with Crippen molar-refractivity contribution < 1.29 is 23.9 Å². The van der Waals surface area contributed by atoms with Crippen LogP contribution in [0.15, 0.2) is 71.8 Å². The number of nitrogens with zero attached hydrogens (tertiary/aromatic N) is 3. The molecule has 5 rings (SSSR count). The molecule has 8 nitrogen and oxygen atoms in total. The van der Waals surface area contributed by atoms with Crippen LogP contribution in [0.3, 0.4) is 0 Å². The molecule has 3 aromatic carbocycles. The summed E-state index contributed by atoms with van der Waals surface area (Å²) in [5.41, 5.74) is 0.850. The smallest absolute Gasteiger partial charge is 0.355 e. The molecule has 8 heteroatoms. The monoisotopic (exact) mass is 429 g/mol. The molecule has 0 aromatic heterocycles. The van der Waals surface area contributed by atoms with E-state index in [1.807, 2.05) is 42.5 Å². The molecule has 1 saturated heterocycles. The zero-order chi connectivity index (χ0) is 22.4. The van der Waals surface area contributed by atoms with E-state index in [9.17, 15) is 14.4 Å². The molecule has 32 heavy (non-hydrogen) atoms. The Kier molecular flexibility index (Phi) is 4.62. The predicted octanol–water partition coefficient (Wildman–Crippen LogP) is 2.76. The molecular formula is C24H19N3O5. The lowest BCUT2D eigenvalue weighted by molar-refractivity contribution is -0.133. The molecule has 0 N–H and O–H groups in total. The lowest BCUT2D eigenvalue weighted by Gasteiger charge is -2.24. The molecule has 2 heterocycles. The van der Waals surface area contributed by atoms with E-state index in [2.05, 4.69) is 5.10 Å². The molecular weight excluding hydrogens is 410 g/mol. The van der Waals surface area contributed by atoms with E-state index in [1.165, 1.54) is 19.2 Å². The van der Waals surface area contributed by atoms with Crippen molar-refractivity contribution in [3.05, 3.63) is 66.7 Å². The minimum atomic E-state index is -1.08. The van der Waals surface area contributed by atoms with Gasteiger partial charge in [0.2, 0.25) is 5.91 Å². The van der Waals surface area contributed by atoms with E-state index in [4.69, 9.17) is 9.47 Å². The molecule has 2 aliphatic heterocycles. The van der Waals surface area contributed by atoms with Gasteiger partial charge < -0.3 is 9.47 Å². The number of anilines is 2. The van der Waals surface area contributed by atoms with Gasteiger partial charge >= 0.3 is 5.97 Å². The van der Waals surface area contributed by atoms with Crippen molar-refractivity contribution in [3.63, 3.8) is 0 Å². The van der Waals surface area contributed by atoms with Gasteiger partial charge in [-0.25, -0.2) is 9.69 Å². The Balaban J connectivity index is 1.68. The number of ether oxygens (including phenoxy) is 2. The van der Waals surface area contributed by atoms with Crippen molar-refractivity contribution >= 4 is 45.6 Å². The molecule has 0 bridgehead atoms. The number of hydrogen-bond acceptors (Lipinski definition) is 7. The first-order valence-electron chi connectivity index (χ1n) is 10.0. The van der Waals surface area contributed by atoms with Crippen LogP contribution >= 0.6 is 0 Å². The standard InChI is InChI=1S/C24H19N3O5/c1-31-18-13-6-5-11-17(18)26-22(28)19-20(24(30)32-2)25-27(21(19)23(26)29)16-12-7-9-14-8-3-4-10-15(14)16/h3-13,19,21H,1-2H3/t19-,21-/m1/s1. The van der Waals surface area contributed by atoms with Gasteiger partial charge in [-0.1, -0.05) is 48.5 Å². The highest BCUT2D eigenvalue weighted by atomic mass is 16.5. The van der Waals surface area contributed by atoms with Gasteiger partial charge in [-0.05, 0) is 23.6 Å². The van der Waals surface area contributed by atoms with E-state index < -0.39 is 29.7 Å². The topological polar surface area (TPSA) is 88.5 Å². The van der Waals surface area contributed by atoms with Crippen molar-refractivity contribution in [2.45, 2.75) is 6.04 Å². The molecule has 0 saturated carbocycles. The van der Waals surface area contributed by atoms with Gasteiger partial charge in [-0.3, -0.25) is 14.6 Å². The van der Waals surface area contributed by atoms with Gasteiger partial charge in [-0.2, -0.15) is 5.10 Å². The Labute approximate surface area is 183 Å². The lowest BCUT2D eigenvalue weighted by Crippen LogP contribution is -2.39. The largest absolute Gasteiger partial charge is 0.495 e. The van der Waals surface area contributed by atoms with E-state index in [0.717, 1.165) is 15.7 Å². The van der Waals surface area contributed by atoms with Crippen LogP contribution in [-0.2, 0) is 19.1 Å². The fraction of sp³-hybridized carbons (Fsp3) is 0.167. The van der Waals surface area contributed by atoms with Gasteiger partial charge in [0.1, 0.15) is 17.7 Å². The van der Waals surface area contributed by atoms with Gasteiger partial charge in [0, 0.05) is 5.39 Å². The zero-order valence-electron chi connectivity index (χ0n) is 17.4. The van der Waals surface area contributed by atoms with Crippen molar-refractivity contribution in [2.75, 3.05) is 24.1 Å². The number of para-hydroxylation sites is 2. The maximum atomic E-state index is 13.6. The summed E-state index contributed by atoms with van der Waals surface area (Å²) < 4.78 is 10.2. The van der Waals surface area contributed by atoms with Crippen LogP contribution in [0.25, 0.3) is 10.8 Å². The number of hydrogen-bond donors (Lipinski definition) is 0. The van der Waals surface area contributed by atoms with Crippen LogP contribution < -0.4 is 14.6 Å². The first kappa shape index (κ1) is 19.7. The summed E-state index contributed by atoms with van der Waals surface area (Å²) in [6.07, 6.45) is 0. The Hall–Kier alpha value is -4.20. The Morgan fingerprint density at radius 1 is 0.875 bits per heavy atom. The van der Waals surface area contributed by atoms with Gasteiger partial charge in [0.05, 0.1) is 25.6 Å². The maximum Gasteiger partial charge on any atom is 0.355 e. The van der Waals surface area contributed by atoms with Crippen LogP contribution in [0.5, 0.6) is 5.75 Å². The van der Waals surface area contributed by atoms with Crippen molar-refractivity contribution in [3.8, 4) is 5.75 Å². The molecule has 2 aliphatic rings. The highest BCUT2D eigenvalue weighted by Gasteiger charge is 2.59. The van der Waals surface area contributed by atoms with E-state index in [1.54, 1.807) is 24.3 Å². The van der Waals surface area contributed by atoms with Crippen LogP contribution in [0.4, 0.5) is 11.4 Å². The average molecular weight is 429 g/mol. The van der Waals surface area contributed by atoms with Crippen LogP contribution in [0.1, 0.15) is 0 Å². The summed E-state index contributed by atoms with van der Waals surface area (Å²) in [6.45, 7) is 0. The number of amides is 2. The number of carbonyl (C=O) groups is 3. The van der Waals surface area contributed by atoms with Crippen molar-refractivity contribution in [2.24, 2.45) is 11.0 Å². The Bertz CT molecular complexity index is 1300. The number of benzene rings is 3. The van der Waals surface area contributed by atoms with Gasteiger partial charge in [0.15, 0.2) is 5.71 Å². The summed E-state index contributed by atoms with van der Waals surface area (Å²) in [4.78, 5) is 40.7. The first-order chi connectivity index (χ1) is 15.6. The first-order valence-corrected chi connectivity index (χ1v) is 10.0. The van der Waals surface area contributed by atoms with Crippen LogP contribution in [-0.4, -0.2) is 43.8 Å². The third kappa shape index (κ3) is 2.76. The number of imide groups is 1. The van der Waals surface area contributed by atoms with Crippen LogP contribution in [0.2, 0.25) is 0 Å². The summed E-state index contributed by atoms with van der Waals surface area (Å²) in [5.74, 6) is -2.48. The molecule has 0 aliphatic carbocycles.